The lowest BCUT2D eigenvalue weighted by Gasteiger charge is -2.32. The second-order valence-corrected chi connectivity index (χ2v) is 2.44. The van der Waals surface area contributed by atoms with Gasteiger partial charge in [0.05, 0.1) is 19.3 Å². The first-order chi connectivity index (χ1) is 4.47. The van der Waals surface area contributed by atoms with Crippen molar-refractivity contribution in [1.82, 2.24) is 5.01 Å². The molecule has 0 aromatic carbocycles. The summed E-state index contributed by atoms with van der Waals surface area (Å²) < 4.78 is 5.03. The Morgan fingerprint density at radius 1 is 1.56 bits per heavy atom. The fourth-order valence-electron chi connectivity index (χ4n) is 1.08. The van der Waals surface area contributed by atoms with Gasteiger partial charge in [-0.05, 0) is 0 Å². The van der Waals surface area contributed by atoms with Crippen LogP contribution < -0.4 is 0 Å². The third-order valence-corrected chi connectivity index (χ3v) is 1.76. The molecule has 0 atom stereocenters. The second-order valence-electron chi connectivity index (χ2n) is 2.44. The zero-order valence-corrected chi connectivity index (χ0v) is 5.29. The first-order valence-corrected chi connectivity index (χ1v) is 3.33. The monoisotopic (exact) mass is 126 g/mol. The van der Waals surface area contributed by atoms with Crippen molar-refractivity contribution in [1.29, 1.82) is 0 Å². The van der Waals surface area contributed by atoms with Crippen LogP contribution in [-0.4, -0.2) is 37.0 Å². The highest BCUT2D eigenvalue weighted by molar-refractivity contribution is 5.58. The van der Waals surface area contributed by atoms with Crippen molar-refractivity contribution in [2.24, 2.45) is 5.10 Å². The summed E-state index contributed by atoms with van der Waals surface area (Å²) in [5, 5.41) is 6.30. The second kappa shape index (κ2) is 1.99. The summed E-state index contributed by atoms with van der Waals surface area (Å²) in [5.41, 5.74) is 0. The van der Waals surface area contributed by atoms with E-state index in [0.29, 0.717) is 6.04 Å². The first kappa shape index (κ1) is 5.23. The predicted octanol–water partition coefficient (Wildman–Crippen LogP) is 0.0767. The topological polar surface area (TPSA) is 24.8 Å². The highest BCUT2D eigenvalue weighted by Gasteiger charge is 2.25. The lowest BCUT2D eigenvalue weighted by molar-refractivity contribution is -0.0605. The van der Waals surface area contributed by atoms with E-state index in [0.717, 1.165) is 26.2 Å². The van der Waals surface area contributed by atoms with Gasteiger partial charge < -0.3 is 4.74 Å². The van der Waals surface area contributed by atoms with E-state index < -0.39 is 0 Å². The first-order valence-electron chi connectivity index (χ1n) is 3.33. The van der Waals surface area contributed by atoms with Crippen molar-refractivity contribution in [3.63, 3.8) is 0 Å². The highest BCUT2D eigenvalue weighted by atomic mass is 16.5. The van der Waals surface area contributed by atoms with Gasteiger partial charge in [0.15, 0.2) is 0 Å². The van der Waals surface area contributed by atoms with E-state index in [1.807, 2.05) is 6.21 Å². The van der Waals surface area contributed by atoms with Crippen molar-refractivity contribution < 1.29 is 4.74 Å². The Labute approximate surface area is 54.3 Å². The molecule has 0 bridgehead atoms. The standard InChI is InChI=1S/C6H10N2O/c1-2-7-8(3-1)6-4-9-5-6/h2,6H,1,3-5H2. The minimum Gasteiger partial charge on any atom is -0.377 e. The van der Waals surface area contributed by atoms with Gasteiger partial charge in [-0.1, -0.05) is 0 Å². The number of hydrogen-bond acceptors (Lipinski definition) is 3. The number of ether oxygens (including phenoxy) is 1. The van der Waals surface area contributed by atoms with Crippen LogP contribution in [0.2, 0.25) is 0 Å². The molecule has 0 saturated carbocycles. The van der Waals surface area contributed by atoms with Gasteiger partial charge in [0.2, 0.25) is 0 Å². The lowest BCUT2D eigenvalue weighted by atomic mass is 10.2. The summed E-state index contributed by atoms with van der Waals surface area (Å²) in [6.07, 6.45) is 3.08. The molecule has 50 valence electrons. The molecule has 0 aromatic rings. The van der Waals surface area contributed by atoms with E-state index in [1.165, 1.54) is 0 Å². The Kier molecular flexibility index (Phi) is 1.16. The SMILES string of the molecule is C1=NN(C2COC2)CC1. The molecule has 1 saturated heterocycles. The minimum absolute atomic E-state index is 0.587. The molecule has 2 aliphatic heterocycles. The minimum atomic E-state index is 0.587. The summed E-state index contributed by atoms with van der Waals surface area (Å²) in [6, 6.07) is 0.587. The van der Waals surface area contributed by atoms with E-state index in [1.54, 1.807) is 0 Å². The normalized spacial score (nSPS) is 26.9. The zero-order valence-electron chi connectivity index (χ0n) is 5.29. The van der Waals surface area contributed by atoms with Crippen LogP contribution in [0.1, 0.15) is 6.42 Å². The molecule has 3 nitrogen and oxygen atoms in total. The lowest BCUT2D eigenvalue weighted by Crippen LogP contribution is -2.45. The molecule has 0 spiro atoms. The Morgan fingerprint density at radius 3 is 2.89 bits per heavy atom. The molecule has 0 radical (unpaired) electrons. The van der Waals surface area contributed by atoms with Crippen LogP contribution in [0.25, 0.3) is 0 Å². The Hall–Kier alpha value is -0.570. The Bertz CT molecular complexity index is 131. The molecule has 9 heavy (non-hydrogen) atoms. The highest BCUT2D eigenvalue weighted by Crippen LogP contribution is 2.13. The van der Waals surface area contributed by atoms with E-state index >= 15 is 0 Å². The summed E-state index contributed by atoms with van der Waals surface area (Å²) in [6.45, 7) is 2.84. The van der Waals surface area contributed by atoms with E-state index in [9.17, 15) is 0 Å². The number of nitrogens with zero attached hydrogens (tertiary/aromatic N) is 2. The van der Waals surface area contributed by atoms with Crippen molar-refractivity contribution in [3.8, 4) is 0 Å². The number of rotatable bonds is 1. The van der Waals surface area contributed by atoms with Gasteiger partial charge >= 0.3 is 0 Å². The molecule has 0 amide bonds. The maximum Gasteiger partial charge on any atom is 0.0937 e. The summed E-state index contributed by atoms with van der Waals surface area (Å²) in [4.78, 5) is 0. The zero-order chi connectivity index (χ0) is 6.10. The van der Waals surface area contributed by atoms with Crippen molar-refractivity contribution in [3.05, 3.63) is 0 Å². The molecule has 0 N–H and O–H groups in total. The van der Waals surface area contributed by atoms with Gasteiger partial charge in [-0.15, -0.1) is 0 Å². The van der Waals surface area contributed by atoms with E-state index in [-0.39, 0.29) is 0 Å². The van der Waals surface area contributed by atoms with Crippen molar-refractivity contribution >= 4 is 6.21 Å². The average molecular weight is 126 g/mol. The largest absolute Gasteiger partial charge is 0.377 e. The molecular weight excluding hydrogens is 116 g/mol. The molecule has 2 heterocycles. The van der Waals surface area contributed by atoms with Crippen LogP contribution in [0.15, 0.2) is 5.10 Å². The fraction of sp³-hybridized carbons (Fsp3) is 0.833. The quantitative estimate of drug-likeness (QED) is 0.497. The average Bonchev–Trinajstić information content (AvgIpc) is 2.11. The smallest absolute Gasteiger partial charge is 0.0937 e. The van der Waals surface area contributed by atoms with Gasteiger partial charge in [0, 0.05) is 19.2 Å². The maximum absolute atomic E-state index is 5.03. The Balaban J connectivity index is 1.89. The summed E-state index contributed by atoms with van der Waals surface area (Å²) >= 11 is 0. The van der Waals surface area contributed by atoms with Crippen LogP contribution in [-0.2, 0) is 4.74 Å². The molecular formula is C6H10N2O. The van der Waals surface area contributed by atoms with Crippen molar-refractivity contribution in [2.75, 3.05) is 19.8 Å². The number of hydrogen-bond donors (Lipinski definition) is 0. The molecule has 0 unspecified atom stereocenters. The molecule has 2 aliphatic rings. The van der Waals surface area contributed by atoms with Gasteiger partial charge in [-0.3, -0.25) is 5.01 Å². The van der Waals surface area contributed by atoms with Gasteiger partial charge in [-0.2, -0.15) is 5.10 Å². The van der Waals surface area contributed by atoms with Crippen LogP contribution >= 0.6 is 0 Å². The third-order valence-electron chi connectivity index (χ3n) is 1.76. The molecule has 1 fully saturated rings. The maximum atomic E-state index is 5.03. The van der Waals surface area contributed by atoms with Crippen molar-refractivity contribution in [2.45, 2.75) is 12.5 Å². The predicted molar refractivity (Wildman–Crippen MR) is 34.4 cm³/mol. The van der Waals surface area contributed by atoms with Crippen LogP contribution in [0.5, 0.6) is 0 Å². The summed E-state index contributed by atoms with van der Waals surface area (Å²) in [5.74, 6) is 0. The summed E-state index contributed by atoms with van der Waals surface area (Å²) in [7, 11) is 0. The van der Waals surface area contributed by atoms with Gasteiger partial charge in [-0.25, -0.2) is 0 Å². The van der Waals surface area contributed by atoms with Crippen LogP contribution in [0, 0.1) is 0 Å². The Morgan fingerprint density at radius 2 is 2.44 bits per heavy atom. The number of hydrazone groups is 1. The van der Waals surface area contributed by atoms with Gasteiger partial charge in [0.1, 0.15) is 0 Å². The van der Waals surface area contributed by atoms with Gasteiger partial charge in [0.25, 0.3) is 0 Å². The molecule has 2 rings (SSSR count). The van der Waals surface area contributed by atoms with Crippen LogP contribution in [0.4, 0.5) is 0 Å². The molecule has 3 heteroatoms. The van der Waals surface area contributed by atoms with E-state index in [4.69, 9.17) is 4.74 Å². The van der Waals surface area contributed by atoms with E-state index in [2.05, 4.69) is 10.1 Å². The van der Waals surface area contributed by atoms with Crippen LogP contribution in [0.3, 0.4) is 0 Å². The fourth-order valence-corrected chi connectivity index (χ4v) is 1.08. The molecule has 0 aliphatic carbocycles. The molecule has 0 aromatic heterocycles. The third kappa shape index (κ3) is 0.812.